The highest BCUT2D eigenvalue weighted by molar-refractivity contribution is 9.10. The molecule has 1 unspecified atom stereocenters. The molecule has 1 N–H and O–H groups in total. The number of nitrogens with one attached hydrogen (secondary N) is 1. The predicted octanol–water partition coefficient (Wildman–Crippen LogP) is 2.44. The fraction of sp³-hybridized carbons (Fsp3) is 0.364. The minimum Gasteiger partial charge on any atom is -0.309 e. The first-order valence-electron chi connectivity index (χ1n) is 4.76. The summed E-state index contributed by atoms with van der Waals surface area (Å²) in [5.74, 6) is 0.355. The Balaban J connectivity index is 2.17. The van der Waals surface area contributed by atoms with Crippen molar-refractivity contribution in [2.45, 2.75) is 18.9 Å². The second-order valence-corrected chi connectivity index (χ2v) is 4.47. The summed E-state index contributed by atoms with van der Waals surface area (Å²) in [6, 6.07) is 8.32. The lowest BCUT2D eigenvalue weighted by Gasteiger charge is -2.23. The Morgan fingerprint density at radius 3 is 3.00 bits per heavy atom. The molecule has 14 heavy (non-hydrogen) atoms. The highest BCUT2D eigenvalue weighted by atomic mass is 79.9. The monoisotopic (exact) mass is 253 g/mol. The number of ketones is 1. The van der Waals surface area contributed by atoms with Gasteiger partial charge >= 0.3 is 0 Å². The number of hydrogen-bond acceptors (Lipinski definition) is 2. The molecule has 1 fully saturated rings. The second kappa shape index (κ2) is 4.24. The maximum atomic E-state index is 11.3. The summed E-state index contributed by atoms with van der Waals surface area (Å²) in [4.78, 5) is 11.3. The molecule has 74 valence electrons. The van der Waals surface area contributed by atoms with Crippen molar-refractivity contribution in [1.29, 1.82) is 0 Å². The normalized spacial score (nSPS) is 22.4. The van der Waals surface area contributed by atoms with Crippen LogP contribution in [0, 0.1) is 0 Å². The molecule has 2 nitrogen and oxygen atoms in total. The predicted molar refractivity (Wildman–Crippen MR) is 59.1 cm³/mol. The molecule has 0 bridgehead atoms. The van der Waals surface area contributed by atoms with Crippen molar-refractivity contribution in [3.05, 3.63) is 34.3 Å². The lowest BCUT2D eigenvalue weighted by molar-refractivity contribution is -0.120. The van der Waals surface area contributed by atoms with Gasteiger partial charge in [0.1, 0.15) is 5.78 Å². The van der Waals surface area contributed by atoms with E-state index in [1.165, 1.54) is 5.56 Å². The van der Waals surface area contributed by atoms with Crippen LogP contribution in [-0.2, 0) is 4.79 Å². The minimum absolute atomic E-state index is 0.203. The van der Waals surface area contributed by atoms with Crippen LogP contribution in [0.5, 0.6) is 0 Å². The fourth-order valence-corrected chi connectivity index (χ4v) is 2.16. The topological polar surface area (TPSA) is 29.1 Å². The third kappa shape index (κ3) is 2.22. The lowest BCUT2D eigenvalue weighted by atomic mass is 9.97. The first-order valence-corrected chi connectivity index (χ1v) is 5.55. The van der Waals surface area contributed by atoms with E-state index in [4.69, 9.17) is 0 Å². The van der Waals surface area contributed by atoms with Crippen LogP contribution >= 0.6 is 15.9 Å². The largest absolute Gasteiger partial charge is 0.309 e. The summed E-state index contributed by atoms with van der Waals surface area (Å²) in [6.45, 7) is 0.802. The summed E-state index contributed by atoms with van der Waals surface area (Å²) < 4.78 is 1.06. The van der Waals surface area contributed by atoms with E-state index in [9.17, 15) is 4.79 Å². The number of piperidine rings is 1. The van der Waals surface area contributed by atoms with E-state index >= 15 is 0 Å². The van der Waals surface area contributed by atoms with Gasteiger partial charge in [-0.25, -0.2) is 0 Å². The van der Waals surface area contributed by atoms with E-state index in [0.29, 0.717) is 18.6 Å². The van der Waals surface area contributed by atoms with Crippen LogP contribution < -0.4 is 5.32 Å². The molecule has 1 heterocycles. The Labute approximate surface area is 91.8 Å². The van der Waals surface area contributed by atoms with Gasteiger partial charge in [-0.05, 0) is 17.7 Å². The Morgan fingerprint density at radius 2 is 2.29 bits per heavy atom. The second-order valence-electron chi connectivity index (χ2n) is 3.55. The zero-order chi connectivity index (χ0) is 9.97. The number of benzene rings is 1. The molecule has 0 saturated carbocycles. The Hall–Kier alpha value is -0.670. The third-order valence-corrected chi connectivity index (χ3v) is 2.97. The highest BCUT2D eigenvalue weighted by Crippen LogP contribution is 2.23. The van der Waals surface area contributed by atoms with Gasteiger partial charge in [0.25, 0.3) is 0 Å². The summed E-state index contributed by atoms with van der Waals surface area (Å²) in [5, 5.41) is 3.35. The SMILES string of the molecule is O=C1CCNC(c2cccc(Br)c2)C1. The number of carbonyl (C=O) groups excluding carboxylic acids is 1. The van der Waals surface area contributed by atoms with Gasteiger partial charge in [-0.1, -0.05) is 28.1 Å². The molecular formula is C11H12BrNO. The highest BCUT2D eigenvalue weighted by Gasteiger charge is 2.19. The van der Waals surface area contributed by atoms with Crippen molar-refractivity contribution in [3.8, 4) is 0 Å². The number of halogens is 1. The van der Waals surface area contributed by atoms with Gasteiger partial charge in [-0.2, -0.15) is 0 Å². The van der Waals surface area contributed by atoms with E-state index in [2.05, 4.69) is 33.4 Å². The molecule has 2 rings (SSSR count). The fourth-order valence-electron chi connectivity index (χ4n) is 1.75. The van der Waals surface area contributed by atoms with Crippen LogP contribution in [0.4, 0.5) is 0 Å². The van der Waals surface area contributed by atoms with Gasteiger partial charge in [0, 0.05) is 29.9 Å². The standard InChI is InChI=1S/C11H12BrNO/c12-9-3-1-2-8(6-9)11-7-10(14)4-5-13-11/h1-3,6,11,13H,4-5,7H2. The molecule has 0 amide bonds. The van der Waals surface area contributed by atoms with Crippen molar-refractivity contribution in [2.75, 3.05) is 6.54 Å². The zero-order valence-corrected chi connectivity index (χ0v) is 9.38. The van der Waals surface area contributed by atoms with Gasteiger partial charge in [-0.3, -0.25) is 4.79 Å². The van der Waals surface area contributed by atoms with E-state index < -0.39 is 0 Å². The molecular weight excluding hydrogens is 242 g/mol. The van der Waals surface area contributed by atoms with Gasteiger partial charge in [0.05, 0.1) is 0 Å². The van der Waals surface area contributed by atoms with Gasteiger partial charge in [0.15, 0.2) is 0 Å². The quantitative estimate of drug-likeness (QED) is 0.834. The van der Waals surface area contributed by atoms with E-state index in [1.807, 2.05) is 12.1 Å². The van der Waals surface area contributed by atoms with E-state index in [-0.39, 0.29) is 6.04 Å². The van der Waals surface area contributed by atoms with Crippen molar-refractivity contribution in [2.24, 2.45) is 0 Å². The molecule has 3 heteroatoms. The van der Waals surface area contributed by atoms with Crippen LogP contribution in [0.3, 0.4) is 0 Å². The average Bonchev–Trinajstić information content (AvgIpc) is 2.18. The zero-order valence-electron chi connectivity index (χ0n) is 7.79. The van der Waals surface area contributed by atoms with Gasteiger partial charge in [-0.15, -0.1) is 0 Å². The number of carbonyl (C=O) groups is 1. The Kier molecular flexibility index (Phi) is 2.99. The van der Waals surface area contributed by atoms with E-state index in [1.54, 1.807) is 0 Å². The first kappa shape index (κ1) is 9.87. The molecule has 1 aromatic rings. The molecule has 0 aromatic heterocycles. The van der Waals surface area contributed by atoms with Crippen LogP contribution in [0.15, 0.2) is 28.7 Å². The summed E-state index contributed by atoms with van der Waals surface area (Å²) >= 11 is 3.43. The lowest BCUT2D eigenvalue weighted by Crippen LogP contribution is -2.31. The number of rotatable bonds is 1. The molecule has 0 aliphatic carbocycles. The molecule has 1 aliphatic rings. The average molecular weight is 254 g/mol. The summed E-state index contributed by atoms with van der Waals surface area (Å²) in [7, 11) is 0. The van der Waals surface area contributed by atoms with Crippen molar-refractivity contribution in [3.63, 3.8) is 0 Å². The maximum absolute atomic E-state index is 11.3. The van der Waals surface area contributed by atoms with Crippen molar-refractivity contribution < 1.29 is 4.79 Å². The van der Waals surface area contributed by atoms with Crippen LogP contribution in [0.2, 0.25) is 0 Å². The summed E-state index contributed by atoms with van der Waals surface area (Å²) in [6.07, 6.45) is 1.29. The van der Waals surface area contributed by atoms with Crippen molar-refractivity contribution in [1.82, 2.24) is 5.32 Å². The molecule has 1 aromatic carbocycles. The molecule has 1 atom stereocenters. The van der Waals surface area contributed by atoms with Crippen molar-refractivity contribution >= 4 is 21.7 Å². The first-order chi connectivity index (χ1) is 6.75. The van der Waals surface area contributed by atoms with Gasteiger partial charge in [0.2, 0.25) is 0 Å². The van der Waals surface area contributed by atoms with Crippen LogP contribution in [-0.4, -0.2) is 12.3 Å². The molecule has 0 spiro atoms. The molecule has 1 saturated heterocycles. The molecule has 1 aliphatic heterocycles. The number of hydrogen-bond donors (Lipinski definition) is 1. The third-order valence-electron chi connectivity index (χ3n) is 2.48. The summed E-state index contributed by atoms with van der Waals surface area (Å²) in [5.41, 5.74) is 1.19. The van der Waals surface area contributed by atoms with Crippen LogP contribution in [0.25, 0.3) is 0 Å². The molecule has 0 radical (unpaired) electrons. The number of Topliss-reactive ketones (excluding diaryl/α,β-unsaturated/α-hetero) is 1. The Morgan fingerprint density at radius 1 is 1.43 bits per heavy atom. The Bertz CT molecular complexity index is 351. The smallest absolute Gasteiger partial charge is 0.136 e. The van der Waals surface area contributed by atoms with Crippen LogP contribution in [0.1, 0.15) is 24.4 Å². The van der Waals surface area contributed by atoms with E-state index in [0.717, 1.165) is 11.0 Å². The maximum Gasteiger partial charge on any atom is 0.136 e. The minimum atomic E-state index is 0.203. The van der Waals surface area contributed by atoms with Gasteiger partial charge < -0.3 is 5.32 Å².